The van der Waals surface area contributed by atoms with Gasteiger partial charge in [-0.1, -0.05) is 13.8 Å². The smallest absolute Gasteiger partial charge is 0.123 e. The average Bonchev–Trinajstić information content (AvgIpc) is 2.66. The van der Waals surface area contributed by atoms with Gasteiger partial charge in [-0.05, 0) is 56.4 Å². The molecule has 0 amide bonds. The molecule has 0 unspecified atom stereocenters. The molecule has 0 spiro atoms. The van der Waals surface area contributed by atoms with Crippen LogP contribution in [0.4, 0.5) is 10.1 Å². The third-order valence-corrected chi connectivity index (χ3v) is 3.87. The molecule has 0 radical (unpaired) electrons. The molecule has 20 heavy (non-hydrogen) atoms. The Morgan fingerprint density at radius 3 is 2.55 bits per heavy atom. The van der Waals surface area contributed by atoms with Crippen molar-refractivity contribution in [3.05, 3.63) is 29.6 Å². The van der Waals surface area contributed by atoms with Crippen molar-refractivity contribution in [1.29, 1.82) is 0 Å². The molecule has 112 valence electrons. The Morgan fingerprint density at radius 1 is 1.30 bits per heavy atom. The lowest BCUT2D eigenvalue weighted by atomic mass is 9.93. The molecule has 1 aliphatic heterocycles. The highest BCUT2D eigenvalue weighted by Crippen LogP contribution is 2.34. The second-order valence-electron chi connectivity index (χ2n) is 7.71. The van der Waals surface area contributed by atoms with Crippen LogP contribution in [-0.2, 0) is 6.54 Å². The number of benzene rings is 1. The first kappa shape index (κ1) is 15.3. The van der Waals surface area contributed by atoms with Crippen LogP contribution in [-0.4, -0.2) is 18.6 Å². The van der Waals surface area contributed by atoms with Crippen LogP contribution in [0.15, 0.2) is 18.2 Å². The Kier molecular flexibility index (Phi) is 4.10. The molecule has 1 fully saturated rings. The van der Waals surface area contributed by atoms with Gasteiger partial charge < -0.3 is 10.2 Å². The maximum atomic E-state index is 13.6. The Bertz CT molecular complexity index is 474. The van der Waals surface area contributed by atoms with Gasteiger partial charge in [0.25, 0.3) is 0 Å². The molecule has 0 atom stereocenters. The van der Waals surface area contributed by atoms with Gasteiger partial charge in [-0.2, -0.15) is 0 Å². The topological polar surface area (TPSA) is 15.3 Å². The predicted octanol–water partition coefficient (Wildman–Crippen LogP) is 3.95. The van der Waals surface area contributed by atoms with E-state index in [2.05, 4.69) is 44.8 Å². The SMILES string of the molecule is CC1(C)CCN(c2ccc(F)cc2CNC(C)(C)C)C1. The average molecular weight is 278 g/mol. The van der Waals surface area contributed by atoms with E-state index in [4.69, 9.17) is 0 Å². The van der Waals surface area contributed by atoms with E-state index in [1.807, 2.05) is 6.07 Å². The van der Waals surface area contributed by atoms with E-state index in [-0.39, 0.29) is 11.4 Å². The maximum Gasteiger partial charge on any atom is 0.123 e. The first-order valence-corrected chi connectivity index (χ1v) is 7.45. The minimum Gasteiger partial charge on any atom is -0.371 e. The summed E-state index contributed by atoms with van der Waals surface area (Å²) in [5.41, 5.74) is 2.61. The summed E-state index contributed by atoms with van der Waals surface area (Å²) in [6.45, 7) is 13.8. The molecule has 0 saturated carbocycles. The number of anilines is 1. The predicted molar refractivity (Wildman–Crippen MR) is 83.6 cm³/mol. The van der Waals surface area contributed by atoms with E-state index >= 15 is 0 Å². The van der Waals surface area contributed by atoms with Crippen molar-refractivity contribution in [2.45, 2.75) is 53.1 Å². The van der Waals surface area contributed by atoms with Crippen molar-refractivity contribution in [3.63, 3.8) is 0 Å². The standard InChI is InChI=1S/C17H27FN2/c1-16(2,3)19-11-13-10-14(18)6-7-15(13)20-9-8-17(4,5)12-20/h6-7,10,19H,8-9,11-12H2,1-5H3. The summed E-state index contributed by atoms with van der Waals surface area (Å²) in [5, 5.41) is 3.46. The minimum absolute atomic E-state index is 0.0356. The Labute approximate surface area is 122 Å². The quantitative estimate of drug-likeness (QED) is 0.900. The molecule has 3 heteroatoms. The van der Waals surface area contributed by atoms with Crippen LogP contribution in [0.5, 0.6) is 0 Å². The zero-order chi connectivity index (χ0) is 15.0. The van der Waals surface area contributed by atoms with E-state index in [0.717, 1.165) is 18.7 Å². The zero-order valence-electron chi connectivity index (χ0n) is 13.4. The number of rotatable bonds is 3. The third kappa shape index (κ3) is 3.95. The number of hydrogen-bond acceptors (Lipinski definition) is 2. The molecular formula is C17H27FN2. The van der Waals surface area contributed by atoms with Crippen LogP contribution < -0.4 is 10.2 Å². The first-order valence-electron chi connectivity index (χ1n) is 7.45. The zero-order valence-corrected chi connectivity index (χ0v) is 13.4. The molecule has 1 N–H and O–H groups in total. The molecule has 1 aliphatic rings. The Balaban J connectivity index is 2.20. The summed E-state index contributed by atoms with van der Waals surface area (Å²) in [6.07, 6.45) is 1.19. The number of hydrogen-bond donors (Lipinski definition) is 1. The monoisotopic (exact) mass is 278 g/mol. The highest BCUT2D eigenvalue weighted by atomic mass is 19.1. The van der Waals surface area contributed by atoms with Gasteiger partial charge in [0, 0.05) is 30.9 Å². The summed E-state index contributed by atoms with van der Waals surface area (Å²) >= 11 is 0. The van der Waals surface area contributed by atoms with Gasteiger partial charge in [0.05, 0.1) is 0 Å². The van der Waals surface area contributed by atoms with Crippen LogP contribution in [0, 0.1) is 11.2 Å². The molecular weight excluding hydrogens is 251 g/mol. The second-order valence-corrected chi connectivity index (χ2v) is 7.71. The molecule has 1 aromatic rings. The van der Waals surface area contributed by atoms with Gasteiger partial charge >= 0.3 is 0 Å². The molecule has 0 aliphatic carbocycles. The van der Waals surface area contributed by atoms with Crippen molar-refractivity contribution in [2.24, 2.45) is 5.41 Å². The molecule has 1 aromatic carbocycles. The van der Waals surface area contributed by atoms with E-state index < -0.39 is 0 Å². The van der Waals surface area contributed by atoms with Crippen LogP contribution in [0.2, 0.25) is 0 Å². The summed E-state index contributed by atoms with van der Waals surface area (Å²) in [7, 11) is 0. The lowest BCUT2D eigenvalue weighted by Crippen LogP contribution is -2.35. The summed E-state index contributed by atoms with van der Waals surface area (Å²) in [5.74, 6) is -0.155. The fourth-order valence-electron chi connectivity index (χ4n) is 2.68. The first-order chi connectivity index (χ1) is 9.16. The van der Waals surface area contributed by atoms with E-state index in [0.29, 0.717) is 12.0 Å². The third-order valence-electron chi connectivity index (χ3n) is 3.87. The number of nitrogens with zero attached hydrogens (tertiary/aromatic N) is 1. The molecule has 2 nitrogen and oxygen atoms in total. The largest absolute Gasteiger partial charge is 0.371 e. The van der Waals surface area contributed by atoms with Gasteiger partial charge in [0.2, 0.25) is 0 Å². The van der Waals surface area contributed by atoms with Crippen molar-refractivity contribution in [3.8, 4) is 0 Å². The van der Waals surface area contributed by atoms with Gasteiger partial charge in [-0.25, -0.2) is 4.39 Å². The maximum absolute atomic E-state index is 13.6. The summed E-state index contributed by atoms with van der Waals surface area (Å²) in [6, 6.07) is 5.16. The van der Waals surface area contributed by atoms with E-state index in [1.54, 1.807) is 12.1 Å². The van der Waals surface area contributed by atoms with Crippen LogP contribution in [0.3, 0.4) is 0 Å². The van der Waals surface area contributed by atoms with Gasteiger partial charge in [0.15, 0.2) is 0 Å². The lowest BCUT2D eigenvalue weighted by molar-refractivity contribution is 0.417. The minimum atomic E-state index is -0.155. The lowest BCUT2D eigenvalue weighted by Gasteiger charge is -2.26. The number of nitrogens with one attached hydrogen (secondary N) is 1. The summed E-state index contributed by atoms with van der Waals surface area (Å²) in [4.78, 5) is 2.39. The second kappa shape index (κ2) is 5.36. The highest BCUT2D eigenvalue weighted by Gasteiger charge is 2.30. The van der Waals surface area contributed by atoms with E-state index in [9.17, 15) is 4.39 Å². The van der Waals surface area contributed by atoms with Gasteiger partial charge in [-0.15, -0.1) is 0 Å². The highest BCUT2D eigenvalue weighted by molar-refractivity contribution is 5.55. The normalized spacial score (nSPS) is 18.6. The Hall–Kier alpha value is -1.09. The molecule has 1 saturated heterocycles. The molecule has 0 aromatic heterocycles. The molecule has 1 heterocycles. The number of halogens is 1. The molecule has 0 bridgehead atoms. The van der Waals surface area contributed by atoms with E-state index in [1.165, 1.54) is 12.1 Å². The fourth-order valence-corrected chi connectivity index (χ4v) is 2.68. The van der Waals surface area contributed by atoms with Gasteiger partial charge in [0.1, 0.15) is 5.82 Å². The molecule has 2 rings (SSSR count). The van der Waals surface area contributed by atoms with Crippen molar-refractivity contribution >= 4 is 5.69 Å². The van der Waals surface area contributed by atoms with Crippen LogP contribution in [0.1, 0.15) is 46.6 Å². The van der Waals surface area contributed by atoms with Crippen molar-refractivity contribution < 1.29 is 4.39 Å². The van der Waals surface area contributed by atoms with Gasteiger partial charge in [-0.3, -0.25) is 0 Å². The van der Waals surface area contributed by atoms with Crippen molar-refractivity contribution in [2.75, 3.05) is 18.0 Å². The van der Waals surface area contributed by atoms with Crippen molar-refractivity contribution in [1.82, 2.24) is 5.32 Å². The summed E-state index contributed by atoms with van der Waals surface area (Å²) < 4.78 is 13.6. The Morgan fingerprint density at radius 2 is 2.00 bits per heavy atom. The van der Waals surface area contributed by atoms with Crippen LogP contribution >= 0.6 is 0 Å². The van der Waals surface area contributed by atoms with Crippen LogP contribution in [0.25, 0.3) is 0 Å². The fraction of sp³-hybridized carbons (Fsp3) is 0.647.